The van der Waals surface area contributed by atoms with Crippen LogP contribution in [0, 0.1) is 0 Å². The molecule has 0 spiro atoms. The van der Waals surface area contributed by atoms with Crippen LogP contribution < -0.4 is 5.32 Å². The highest BCUT2D eigenvalue weighted by molar-refractivity contribution is 7.91. The Morgan fingerprint density at radius 1 is 1.11 bits per heavy atom. The first kappa shape index (κ1) is 18.7. The topological polar surface area (TPSA) is 102 Å². The van der Waals surface area contributed by atoms with E-state index < -0.39 is 15.7 Å². The number of pyridine rings is 1. The highest BCUT2D eigenvalue weighted by Gasteiger charge is 2.20. The molecule has 1 amide bonds. The first-order chi connectivity index (χ1) is 13.5. The normalized spacial score (nSPS) is 13.3. The van der Waals surface area contributed by atoms with Crippen molar-refractivity contribution in [3.05, 3.63) is 53.7 Å². The molecule has 2 heterocycles. The Labute approximate surface area is 166 Å². The van der Waals surface area contributed by atoms with Crippen LogP contribution in [0.4, 0.5) is 5.13 Å². The summed E-state index contributed by atoms with van der Waals surface area (Å²) in [4.78, 5) is 16.6. The first-order valence-corrected chi connectivity index (χ1v) is 11.4. The maximum Gasteiger partial charge on any atom is 0.227 e. The Hall–Kier alpha value is -2.65. The van der Waals surface area contributed by atoms with Gasteiger partial charge in [0, 0.05) is 12.6 Å². The maximum atomic E-state index is 12.6. The minimum absolute atomic E-state index is 0.141. The summed E-state index contributed by atoms with van der Waals surface area (Å²) in [5.74, 6) is -0.655. The minimum Gasteiger partial charge on any atom is -0.300 e. The summed E-state index contributed by atoms with van der Waals surface area (Å²) in [5, 5.41) is 11.4. The number of aryl methyl sites for hydroxylation is 2. The zero-order valence-electron chi connectivity index (χ0n) is 15.0. The highest BCUT2D eigenvalue weighted by atomic mass is 32.2. The molecule has 0 bridgehead atoms. The van der Waals surface area contributed by atoms with E-state index in [4.69, 9.17) is 0 Å². The van der Waals surface area contributed by atoms with E-state index in [9.17, 15) is 13.2 Å². The fourth-order valence-corrected chi connectivity index (χ4v) is 5.16. The molecule has 0 saturated carbocycles. The van der Waals surface area contributed by atoms with Gasteiger partial charge in [0.15, 0.2) is 14.8 Å². The van der Waals surface area contributed by atoms with Crippen molar-refractivity contribution >= 4 is 32.2 Å². The number of nitrogens with one attached hydrogen (secondary N) is 1. The lowest BCUT2D eigenvalue weighted by Gasteiger charge is -2.07. The van der Waals surface area contributed by atoms with Crippen LogP contribution in [0.2, 0.25) is 0 Å². The second-order valence-corrected chi connectivity index (χ2v) is 9.62. The summed E-state index contributed by atoms with van der Waals surface area (Å²) in [6.45, 7) is 0. The van der Waals surface area contributed by atoms with Crippen LogP contribution >= 0.6 is 11.3 Å². The Morgan fingerprint density at radius 3 is 2.79 bits per heavy atom. The molecule has 144 valence electrons. The molecule has 1 aromatic carbocycles. The van der Waals surface area contributed by atoms with Crippen molar-refractivity contribution in [3.8, 4) is 10.7 Å². The smallest absolute Gasteiger partial charge is 0.227 e. The number of nitrogens with zero attached hydrogens (tertiary/aromatic N) is 3. The molecule has 7 nitrogen and oxygen atoms in total. The van der Waals surface area contributed by atoms with Crippen molar-refractivity contribution in [1.82, 2.24) is 15.2 Å². The Kier molecular flexibility index (Phi) is 5.19. The molecular weight excluding hydrogens is 396 g/mol. The van der Waals surface area contributed by atoms with Crippen molar-refractivity contribution in [2.45, 2.75) is 30.6 Å². The molecular formula is C19H18N4O3S2. The van der Waals surface area contributed by atoms with E-state index in [1.54, 1.807) is 30.5 Å². The van der Waals surface area contributed by atoms with Gasteiger partial charge in [-0.1, -0.05) is 23.5 Å². The van der Waals surface area contributed by atoms with E-state index in [-0.39, 0.29) is 17.1 Å². The number of amides is 1. The van der Waals surface area contributed by atoms with E-state index >= 15 is 0 Å². The van der Waals surface area contributed by atoms with Gasteiger partial charge in [0.1, 0.15) is 5.69 Å². The lowest BCUT2D eigenvalue weighted by molar-refractivity contribution is -0.115. The summed E-state index contributed by atoms with van der Waals surface area (Å²) in [5.41, 5.74) is 2.98. The van der Waals surface area contributed by atoms with Crippen LogP contribution in [0.1, 0.15) is 24.0 Å². The van der Waals surface area contributed by atoms with E-state index in [1.807, 2.05) is 12.1 Å². The lowest BCUT2D eigenvalue weighted by atomic mass is 10.1. The van der Waals surface area contributed by atoms with Crippen LogP contribution in [-0.4, -0.2) is 35.3 Å². The molecule has 1 aliphatic rings. The number of hydrogen-bond donors (Lipinski definition) is 1. The number of fused-ring (bicyclic) bond motifs is 1. The number of benzene rings is 1. The molecule has 0 fully saturated rings. The van der Waals surface area contributed by atoms with Crippen molar-refractivity contribution in [3.63, 3.8) is 0 Å². The third-order valence-electron chi connectivity index (χ3n) is 4.58. The number of carbonyl (C=O) groups is 1. The summed E-state index contributed by atoms with van der Waals surface area (Å²) in [6, 6.07) is 10.7. The maximum absolute atomic E-state index is 12.6. The zero-order valence-corrected chi connectivity index (χ0v) is 16.6. The third-order valence-corrected chi connectivity index (χ3v) is 7.16. The summed E-state index contributed by atoms with van der Waals surface area (Å²) in [6.07, 6.45) is 4.48. The number of hydrogen-bond acceptors (Lipinski definition) is 7. The molecule has 1 aliphatic carbocycles. The Bertz CT molecular complexity index is 1110. The van der Waals surface area contributed by atoms with Crippen molar-refractivity contribution in [2.24, 2.45) is 0 Å². The van der Waals surface area contributed by atoms with Crippen molar-refractivity contribution in [2.75, 3.05) is 11.1 Å². The second-order valence-electron chi connectivity index (χ2n) is 6.53. The number of anilines is 1. The van der Waals surface area contributed by atoms with Crippen LogP contribution in [0.3, 0.4) is 0 Å². The SMILES string of the molecule is O=C(CCS(=O)(=O)c1ccc2c(c1)CCC2)Nc1nnc(-c2ccccn2)s1. The van der Waals surface area contributed by atoms with E-state index in [1.165, 1.54) is 16.9 Å². The molecule has 0 saturated heterocycles. The van der Waals surface area contributed by atoms with Crippen LogP contribution in [0.5, 0.6) is 0 Å². The quantitative estimate of drug-likeness (QED) is 0.665. The largest absolute Gasteiger partial charge is 0.300 e. The molecule has 1 N–H and O–H groups in total. The third kappa shape index (κ3) is 4.10. The highest BCUT2D eigenvalue weighted by Crippen LogP contribution is 2.26. The summed E-state index contributed by atoms with van der Waals surface area (Å²) >= 11 is 1.19. The molecule has 28 heavy (non-hydrogen) atoms. The van der Waals surface area contributed by atoms with E-state index in [2.05, 4.69) is 20.5 Å². The monoisotopic (exact) mass is 414 g/mol. The second kappa shape index (κ2) is 7.76. The predicted molar refractivity (Wildman–Crippen MR) is 107 cm³/mol. The average Bonchev–Trinajstić information content (AvgIpc) is 3.36. The van der Waals surface area contributed by atoms with Crippen molar-refractivity contribution in [1.29, 1.82) is 0 Å². The van der Waals surface area contributed by atoms with Gasteiger partial charge in [-0.2, -0.15) is 0 Å². The fourth-order valence-electron chi connectivity index (χ4n) is 3.13. The van der Waals surface area contributed by atoms with E-state index in [0.717, 1.165) is 24.8 Å². The van der Waals surface area contributed by atoms with E-state index in [0.29, 0.717) is 15.8 Å². The molecule has 2 aromatic heterocycles. The number of carbonyl (C=O) groups excluding carboxylic acids is 1. The Morgan fingerprint density at radius 2 is 1.96 bits per heavy atom. The molecule has 0 atom stereocenters. The summed E-state index contributed by atoms with van der Waals surface area (Å²) < 4.78 is 25.1. The van der Waals surface area contributed by atoms with Crippen LogP contribution in [-0.2, 0) is 27.5 Å². The number of sulfone groups is 1. The molecule has 0 radical (unpaired) electrons. The molecule has 0 unspecified atom stereocenters. The molecule has 3 aromatic rings. The van der Waals surface area contributed by atoms with Gasteiger partial charge < -0.3 is 5.32 Å². The molecule has 0 aliphatic heterocycles. The fraction of sp³-hybridized carbons (Fsp3) is 0.263. The molecule has 4 rings (SSSR count). The van der Waals surface area contributed by atoms with Gasteiger partial charge in [0.05, 0.1) is 10.6 Å². The van der Waals surface area contributed by atoms with Gasteiger partial charge in [0.25, 0.3) is 0 Å². The number of aromatic nitrogens is 3. The van der Waals surface area contributed by atoms with Gasteiger partial charge in [-0.15, -0.1) is 10.2 Å². The minimum atomic E-state index is -3.51. The first-order valence-electron chi connectivity index (χ1n) is 8.90. The van der Waals surface area contributed by atoms with Crippen LogP contribution in [0.15, 0.2) is 47.5 Å². The standard InChI is InChI=1S/C19H18N4O3S2/c24-17(21-19-23-22-18(27-19)16-6-1-2-10-20-16)9-11-28(25,26)15-8-7-13-4-3-5-14(13)12-15/h1-2,6-8,10,12H,3-5,9,11H2,(H,21,23,24). The average molecular weight is 415 g/mol. The zero-order chi connectivity index (χ0) is 19.6. The lowest BCUT2D eigenvalue weighted by Crippen LogP contribution is -2.17. The van der Waals surface area contributed by atoms with Crippen molar-refractivity contribution < 1.29 is 13.2 Å². The Balaban J connectivity index is 1.37. The van der Waals surface area contributed by atoms with Gasteiger partial charge in [-0.05, 0) is 54.7 Å². The number of rotatable bonds is 6. The summed E-state index contributed by atoms with van der Waals surface area (Å²) in [7, 11) is -3.51. The van der Waals surface area contributed by atoms with Gasteiger partial charge in [-0.3, -0.25) is 9.78 Å². The predicted octanol–water partition coefficient (Wildman–Crippen LogP) is 2.89. The van der Waals surface area contributed by atoms with Gasteiger partial charge in [-0.25, -0.2) is 8.42 Å². The van der Waals surface area contributed by atoms with Gasteiger partial charge in [0.2, 0.25) is 11.0 Å². The van der Waals surface area contributed by atoms with Crippen LogP contribution in [0.25, 0.3) is 10.7 Å². The molecule has 9 heteroatoms. The van der Waals surface area contributed by atoms with Gasteiger partial charge >= 0.3 is 0 Å².